The molecule has 2 atom stereocenters. The average Bonchev–Trinajstić information content (AvgIpc) is 2.37. The van der Waals surface area contributed by atoms with Crippen molar-refractivity contribution in [3.63, 3.8) is 0 Å². The summed E-state index contributed by atoms with van der Waals surface area (Å²) in [5.41, 5.74) is 0. The number of rotatable bonds is 4. The van der Waals surface area contributed by atoms with E-state index in [-0.39, 0.29) is 0 Å². The van der Waals surface area contributed by atoms with E-state index in [0.717, 1.165) is 12.5 Å². The summed E-state index contributed by atoms with van der Waals surface area (Å²) in [6.07, 6.45) is 1.56. The molecule has 1 saturated heterocycles. The topological polar surface area (TPSA) is 99.5 Å². The van der Waals surface area contributed by atoms with Crippen LogP contribution in [-0.2, 0) is 19.3 Å². The van der Waals surface area contributed by atoms with Crippen LogP contribution in [0.15, 0.2) is 24.7 Å². The van der Waals surface area contributed by atoms with Gasteiger partial charge in [-0.1, -0.05) is 0 Å². The van der Waals surface area contributed by atoms with Crippen molar-refractivity contribution >= 4 is 11.8 Å². The molecule has 1 fully saturated rings. The molecule has 1 aliphatic rings. The summed E-state index contributed by atoms with van der Waals surface area (Å²) in [7, 11) is 0. The maximum atomic E-state index is 11.6. The predicted octanol–water partition coefficient (Wildman–Crippen LogP) is -0.776. The first-order valence-corrected chi connectivity index (χ1v) is 5.13. The Morgan fingerprint density at radius 1 is 0.944 bits per heavy atom. The van der Waals surface area contributed by atoms with Crippen LogP contribution in [0, 0.1) is 0 Å². The third-order valence-corrected chi connectivity index (χ3v) is 1.95. The number of amides is 2. The lowest BCUT2D eigenvalue weighted by atomic mass is 10.3. The highest BCUT2D eigenvalue weighted by Crippen LogP contribution is 2.17. The molecular weight excluding hydrogens is 244 g/mol. The van der Waals surface area contributed by atoms with Gasteiger partial charge in [0, 0.05) is 0 Å². The molecule has 18 heavy (non-hydrogen) atoms. The van der Waals surface area contributed by atoms with Crippen molar-refractivity contribution in [2.45, 2.75) is 26.3 Å². The van der Waals surface area contributed by atoms with E-state index in [1.165, 1.54) is 12.2 Å². The molecular formula is C10H14N2O6. The van der Waals surface area contributed by atoms with Crippen LogP contribution >= 0.6 is 0 Å². The number of nitrogens with zero attached hydrogens (tertiary/aromatic N) is 2. The van der Waals surface area contributed by atoms with E-state index in [2.05, 4.69) is 0 Å². The van der Waals surface area contributed by atoms with Gasteiger partial charge in [-0.3, -0.25) is 9.59 Å². The van der Waals surface area contributed by atoms with Gasteiger partial charge in [-0.15, -0.1) is 10.1 Å². The van der Waals surface area contributed by atoms with E-state index < -0.39 is 24.3 Å². The number of piperazine rings is 1. The molecule has 2 N–H and O–H groups in total. The lowest BCUT2D eigenvalue weighted by molar-refractivity contribution is -0.303. The van der Waals surface area contributed by atoms with Crippen LogP contribution in [0.25, 0.3) is 0 Å². The molecule has 2 amide bonds. The fraction of sp³-hybridized carbons (Fsp3) is 0.400. The molecule has 0 spiro atoms. The van der Waals surface area contributed by atoms with Crippen molar-refractivity contribution in [1.29, 1.82) is 0 Å². The molecule has 100 valence electrons. The molecule has 0 bridgehead atoms. The van der Waals surface area contributed by atoms with Gasteiger partial charge in [-0.05, 0) is 26.0 Å². The summed E-state index contributed by atoms with van der Waals surface area (Å²) < 4.78 is 0. The van der Waals surface area contributed by atoms with Gasteiger partial charge < -0.3 is 19.9 Å². The number of hydroxylamine groups is 4. The van der Waals surface area contributed by atoms with Gasteiger partial charge >= 0.3 is 11.8 Å². The minimum absolute atomic E-state index is 0.364. The number of aliphatic hydroxyl groups is 2. The van der Waals surface area contributed by atoms with E-state index >= 15 is 0 Å². The fourth-order valence-electron chi connectivity index (χ4n) is 1.14. The zero-order valence-corrected chi connectivity index (χ0v) is 9.89. The minimum Gasteiger partial charge on any atom is -0.382 e. The molecule has 8 nitrogen and oxygen atoms in total. The Labute approximate surface area is 103 Å². The van der Waals surface area contributed by atoms with Gasteiger partial charge in [-0.25, -0.2) is 0 Å². The predicted molar refractivity (Wildman–Crippen MR) is 57.5 cm³/mol. The van der Waals surface area contributed by atoms with Crippen LogP contribution < -0.4 is 0 Å². The first kappa shape index (κ1) is 14.0. The van der Waals surface area contributed by atoms with Crippen molar-refractivity contribution in [2.24, 2.45) is 0 Å². The molecule has 0 radical (unpaired) electrons. The summed E-state index contributed by atoms with van der Waals surface area (Å²) in [5.74, 6) is -2.31. The molecule has 0 saturated carbocycles. The third kappa shape index (κ3) is 2.60. The second-order valence-corrected chi connectivity index (χ2v) is 3.24. The van der Waals surface area contributed by atoms with Crippen LogP contribution in [0.3, 0.4) is 0 Å². The Balaban J connectivity index is 2.88. The Hall–Kier alpha value is -2.06. The number of carbonyl (C=O) groups excluding carboxylic acids is 2. The van der Waals surface area contributed by atoms with Crippen LogP contribution in [0.2, 0.25) is 0 Å². The van der Waals surface area contributed by atoms with Crippen molar-refractivity contribution in [2.75, 3.05) is 0 Å². The quantitative estimate of drug-likeness (QED) is 0.507. The van der Waals surface area contributed by atoms with E-state index in [1.54, 1.807) is 13.8 Å². The second-order valence-electron chi connectivity index (χ2n) is 3.24. The van der Waals surface area contributed by atoms with Crippen molar-refractivity contribution < 1.29 is 29.5 Å². The van der Waals surface area contributed by atoms with E-state index in [9.17, 15) is 19.8 Å². The smallest absolute Gasteiger partial charge is 0.350 e. The highest BCUT2D eigenvalue weighted by Gasteiger charge is 2.48. The standard InChI is InChI=1S/C10H14N2O6/c1-3-5-17-11-7(13)9(15)12(18-6-4-2)10(16)8(11)14/h3-7,9,13,15H,1-2H3/b5-3+,6-4+. The highest BCUT2D eigenvalue weighted by atomic mass is 16.7. The molecule has 1 heterocycles. The van der Waals surface area contributed by atoms with Crippen LogP contribution in [0.5, 0.6) is 0 Å². The minimum atomic E-state index is -1.75. The summed E-state index contributed by atoms with van der Waals surface area (Å²) in [4.78, 5) is 32.6. The zero-order chi connectivity index (χ0) is 13.7. The molecule has 2 unspecified atom stereocenters. The summed E-state index contributed by atoms with van der Waals surface area (Å²) in [6, 6.07) is 0. The summed E-state index contributed by atoms with van der Waals surface area (Å²) in [5, 5.41) is 20.0. The van der Waals surface area contributed by atoms with Crippen molar-refractivity contribution in [1.82, 2.24) is 10.1 Å². The number of allylic oxidation sites excluding steroid dienone is 2. The Morgan fingerprint density at radius 2 is 1.28 bits per heavy atom. The molecule has 8 heteroatoms. The van der Waals surface area contributed by atoms with Crippen molar-refractivity contribution in [3.8, 4) is 0 Å². The largest absolute Gasteiger partial charge is 0.382 e. The summed E-state index contributed by atoms with van der Waals surface area (Å²) in [6.45, 7) is 3.22. The third-order valence-electron chi connectivity index (χ3n) is 1.95. The van der Waals surface area contributed by atoms with Gasteiger partial charge in [0.15, 0.2) is 0 Å². The van der Waals surface area contributed by atoms with Crippen LogP contribution in [0.1, 0.15) is 13.8 Å². The second kappa shape index (κ2) is 6.03. The van der Waals surface area contributed by atoms with E-state index in [4.69, 9.17) is 9.68 Å². The van der Waals surface area contributed by atoms with Gasteiger partial charge in [-0.2, -0.15) is 0 Å². The van der Waals surface area contributed by atoms with E-state index in [1.807, 2.05) is 0 Å². The molecule has 1 rings (SSSR count). The molecule has 1 aliphatic heterocycles. The number of carbonyl (C=O) groups is 2. The molecule has 0 aromatic carbocycles. The number of hydrogen-bond donors (Lipinski definition) is 2. The Morgan fingerprint density at radius 3 is 1.56 bits per heavy atom. The van der Waals surface area contributed by atoms with Gasteiger partial charge in [0.1, 0.15) is 12.5 Å². The zero-order valence-electron chi connectivity index (χ0n) is 9.89. The molecule has 0 aliphatic carbocycles. The van der Waals surface area contributed by atoms with E-state index in [0.29, 0.717) is 10.1 Å². The normalized spacial score (nSPS) is 25.3. The van der Waals surface area contributed by atoms with Gasteiger partial charge in [0.05, 0.1) is 0 Å². The fourth-order valence-corrected chi connectivity index (χ4v) is 1.14. The first-order chi connectivity index (χ1) is 8.54. The van der Waals surface area contributed by atoms with Crippen LogP contribution in [0.4, 0.5) is 0 Å². The number of aliphatic hydroxyl groups excluding tert-OH is 2. The molecule has 0 aromatic heterocycles. The monoisotopic (exact) mass is 258 g/mol. The molecule has 0 aromatic rings. The van der Waals surface area contributed by atoms with Gasteiger partial charge in [0.25, 0.3) is 0 Å². The Bertz CT molecular complexity index is 345. The Kier molecular flexibility index (Phi) is 4.69. The lowest BCUT2D eigenvalue weighted by Gasteiger charge is -2.37. The SMILES string of the molecule is C/C=C/ON1C(=O)C(=O)N(O/C=C/C)C(O)C1O. The highest BCUT2D eigenvalue weighted by molar-refractivity contribution is 6.34. The van der Waals surface area contributed by atoms with Gasteiger partial charge in [0.2, 0.25) is 12.5 Å². The van der Waals surface area contributed by atoms with Crippen molar-refractivity contribution in [3.05, 3.63) is 24.7 Å². The summed E-state index contributed by atoms with van der Waals surface area (Å²) >= 11 is 0. The first-order valence-electron chi connectivity index (χ1n) is 5.13. The maximum absolute atomic E-state index is 11.6. The number of hydrogen-bond acceptors (Lipinski definition) is 6. The average molecular weight is 258 g/mol. The maximum Gasteiger partial charge on any atom is 0.350 e. The van der Waals surface area contributed by atoms with Crippen LogP contribution in [-0.4, -0.2) is 44.6 Å². The lowest BCUT2D eigenvalue weighted by Crippen LogP contribution is -2.63.